The quantitative estimate of drug-likeness (QED) is 0.674. The molecule has 0 aliphatic carbocycles. The van der Waals surface area contributed by atoms with Gasteiger partial charge in [0.15, 0.2) is 0 Å². The molecule has 1 unspecified atom stereocenters. The number of nitrogens with two attached hydrogens (primary N) is 1. The molecule has 1 heterocycles. The van der Waals surface area contributed by atoms with Crippen molar-refractivity contribution in [1.29, 1.82) is 0 Å². The van der Waals surface area contributed by atoms with Gasteiger partial charge in [-0.15, -0.1) is 0 Å². The molecule has 0 saturated carbocycles. The van der Waals surface area contributed by atoms with E-state index in [9.17, 15) is 4.79 Å². The molecule has 0 aromatic carbocycles. The van der Waals surface area contributed by atoms with Gasteiger partial charge in [-0.3, -0.25) is 4.79 Å². The van der Waals surface area contributed by atoms with E-state index in [1.54, 1.807) is 0 Å². The highest BCUT2D eigenvalue weighted by molar-refractivity contribution is 5.81. The molecule has 3 nitrogen and oxygen atoms in total. The van der Waals surface area contributed by atoms with Gasteiger partial charge in [0, 0.05) is 18.5 Å². The Labute approximate surface area is 73.9 Å². The second kappa shape index (κ2) is 3.90. The van der Waals surface area contributed by atoms with Gasteiger partial charge in [0.1, 0.15) is 0 Å². The van der Waals surface area contributed by atoms with Crippen LogP contribution in [0.2, 0.25) is 0 Å². The average Bonchev–Trinajstić information content (AvgIpc) is 2.34. The monoisotopic (exact) mass is 170 g/mol. The second-order valence-corrected chi connectivity index (χ2v) is 3.69. The van der Waals surface area contributed by atoms with Gasteiger partial charge in [-0.2, -0.15) is 0 Å². The highest BCUT2D eigenvalue weighted by Gasteiger charge is 2.31. The summed E-state index contributed by atoms with van der Waals surface area (Å²) < 4.78 is 0. The Morgan fingerprint density at radius 2 is 2.33 bits per heavy atom. The van der Waals surface area contributed by atoms with E-state index in [0.717, 1.165) is 19.4 Å². The van der Waals surface area contributed by atoms with Crippen LogP contribution in [0.3, 0.4) is 0 Å². The first-order chi connectivity index (χ1) is 5.66. The van der Waals surface area contributed by atoms with Crippen LogP contribution in [0.25, 0.3) is 0 Å². The van der Waals surface area contributed by atoms with Crippen molar-refractivity contribution in [3.8, 4) is 0 Å². The zero-order chi connectivity index (χ0) is 9.14. The van der Waals surface area contributed by atoms with Gasteiger partial charge in [-0.1, -0.05) is 0 Å². The lowest BCUT2D eigenvalue weighted by molar-refractivity contribution is -0.132. The summed E-state index contributed by atoms with van der Waals surface area (Å²) in [6, 6.07) is 0.347. The summed E-state index contributed by atoms with van der Waals surface area (Å²) in [7, 11) is 0. The molecule has 0 aromatic heterocycles. The number of rotatable bonds is 3. The van der Waals surface area contributed by atoms with Crippen molar-refractivity contribution in [3.05, 3.63) is 0 Å². The topological polar surface area (TPSA) is 46.3 Å². The fourth-order valence-electron chi connectivity index (χ4n) is 1.74. The highest BCUT2D eigenvalue weighted by Crippen LogP contribution is 2.22. The number of nitrogens with zero attached hydrogens (tertiary/aromatic N) is 1. The van der Waals surface area contributed by atoms with E-state index in [2.05, 4.69) is 13.8 Å². The van der Waals surface area contributed by atoms with Gasteiger partial charge in [0.2, 0.25) is 5.91 Å². The Balaban J connectivity index is 2.49. The Hall–Kier alpha value is -0.570. The maximum atomic E-state index is 11.6. The minimum Gasteiger partial charge on any atom is -0.340 e. The average molecular weight is 170 g/mol. The normalized spacial score (nSPS) is 24.2. The van der Waals surface area contributed by atoms with Crippen molar-refractivity contribution in [2.24, 2.45) is 11.7 Å². The largest absolute Gasteiger partial charge is 0.340 e. The first-order valence-electron chi connectivity index (χ1n) is 4.67. The third-order valence-corrected chi connectivity index (χ3v) is 2.49. The molecule has 0 spiro atoms. The molecule has 1 aliphatic rings. The van der Waals surface area contributed by atoms with Crippen molar-refractivity contribution in [1.82, 2.24) is 4.90 Å². The number of hydrogen-bond donors (Lipinski definition) is 1. The fourth-order valence-corrected chi connectivity index (χ4v) is 1.74. The summed E-state index contributed by atoms with van der Waals surface area (Å²) in [4.78, 5) is 13.6. The Bertz CT molecular complexity index is 168. The fraction of sp³-hybridized carbons (Fsp3) is 0.889. The van der Waals surface area contributed by atoms with E-state index in [-0.39, 0.29) is 5.92 Å². The summed E-state index contributed by atoms with van der Waals surface area (Å²) in [5, 5.41) is 0. The Kier molecular flexibility index (Phi) is 3.09. The van der Waals surface area contributed by atoms with Crippen LogP contribution in [0.5, 0.6) is 0 Å². The lowest BCUT2D eigenvalue weighted by Gasteiger charge is -2.20. The van der Waals surface area contributed by atoms with E-state index in [1.165, 1.54) is 0 Å². The lowest BCUT2D eigenvalue weighted by atomic mass is 10.0. The molecular weight excluding hydrogens is 152 g/mol. The molecule has 1 amide bonds. The molecule has 0 aromatic rings. The van der Waals surface area contributed by atoms with Crippen LogP contribution in [0, 0.1) is 5.92 Å². The van der Waals surface area contributed by atoms with Crippen molar-refractivity contribution in [2.75, 3.05) is 13.1 Å². The summed E-state index contributed by atoms with van der Waals surface area (Å²) in [5.74, 6) is 0.507. The number of carbonyl (C=O) groups excluding carboxylic acids is 1. The van der Waals surface area contributed by atoms with Gasteiger partial charge >= 0.3 is 0 Å². The molecular formula is C9H18N2O. The molecule has 70 valence electrons. The van der Waals surface area contributed by atoms with Crippen LogP contribution in [0.15, 0.2) is 0 Å². The summed E-state index contributed by atoms with van der Waals surface area (Å²) in [6.07, 6.45) is 1.84. The van der Waals surface area contributed by atoms with Crippen LogP contribution in [-0.2, 0) is 4.79 Å². The summed E-state index contributed by atoms with van der Waals surface area (Å²) in [5.41, 5.74) is 5.42. The predicted molar refractivity (Wildman–Crippen MR) is 48.6 cm³/mol. The van der Waals surface area contributed by atoms with Crippen LogP contribution >= 0.6 is 0 Å². The van der Waals surface area contributed by atoms with Gasteiger partial charge in [-0.05, 0) is 33.2 Å². The number of amides is 1. The molecule has 1 aliphatic heterocycles. The minimum absolute atomic E-state index is 0.206. The second-order valence-electron chi connectivity index (χ2n) is 3.69. The molecule has 2 N–H and O–H groups in total. The Morgan fingerprint density at radius 3 is 2.75 bits per heavy atom. The van der Waals surface area contributed by atoms with Crippen LogP contribution in [-0.4, -0.2) is 29.9 Å². The van der Waals surface area contributed by atoms with Gasteiger partial charge < -0.3 is 10.6 Å². The summed E-state index contributed by atoms with van der Waals surface area (Å²) >= 11 is 0. The van der Waals surface area contributed by atoms with E-state index < -0.39 is 0 Å². The number of hydrogen-bond acceptors (Lipinski definition) is 2. The maximum Gasteiger partial charge on any atom is 0.226 e. The van der Waals surface area contributed by atoms with Crippen LogP contribution in [0.1, 0.15) is 26.7 Å². The third kappa shape index (κ3) is 1.78. The Morgan fingerprint density at radius 1 is 1.67 bits per heavy atom. The molecule has 0 bridgehead atoms. The zero-order valence-corrected chi connectivity index (χ0v) is 7.92. The lowest BCUT2D eigenvalue weighted by Crippen LogP contribution is -2.33. The summed E-state index contributed by atoms with van der Waals surface area (Å²) in [6.45, 7) is 5.66. The predicted octanol–water partition coefficient (Wildman–Crippen LogP) is 0.592. The van der Waals surface area contributed by atoms with Crippen molar-refractivity contribution >= 4 is 5.91 Å². The van der Waals surface area contributed by atoms with E-state index >= 15 is 0 Å². The number of carbonyl (C=O) groups is 1. The number of likely N-dealkylation sites (tertiary alicyclic amines) is 1. The third-order valence-electron chi connectivity index (χ3n) is 2.49. The maximum absolute atomic E-state index is 11.6. The van der Waals surface area contributed by atoms with Crippen molar-refractivity contribution in [3.63, 3.8) is 0 Å². The molecule has 12 heavy (non-hydrogen) atoms. The first-order valence-corrected chi connectivity index (χ1v) is 4.67. The molecule has 1 fully saturated rings. The molecule has 1 saturated heterocycles. The van der Waals surface area contributed by atoms with Gasteiger partial charge in [-0.25, -0.2) is 0 Å². The molecule has 1 atom stereocenters. The van der Waals surface area contributed by atoms with Gasteiger partial charge in [0.25, 0.3) is 0 Å². The smallest absolute Gasteiger partial charge is 0.226 e. The minimum atomic E-state index is 0.206. The van der Waals surface area contributed by atoms with Gasteiger partial charge in [0.05, 0.1) is 0 Å². The highest BCUT2D eigenvalue weighted by atomic mass is 16.2. The van der Waals surface area contributed by atoms with E-state index in [0.29, 0.717) is 18.5 Å². The van der Waals surface area contributed by atoms with Crippen LogP contribution < -0.4 is 5.73 Å². The standard InChI is InChI=1S/C9H18N2O/c1-7(2)11-6-4-8(3-5-10)9(11)12/h7-8H,3-6,10H2,1-2H3. The first kappa shape index (κ1) is 9.52. The van der Waals surface area contributed by atoms with Crippen molar-refractivity contribution in [2.45, 2.75) is 32.7 Å². The molecule has 3 heteroatoms. The van der Waals surface area contributed by atoms with E-state index in [4.69, 9.17) is 5.73 Å². The molecule has 1 rings (SSSR count). The zero-order valence-electron chi connectivity index (χ0n) is 7.92. The van der Waals surface area contributed by atoms with Crippen molar-refractivity contribution < 1.29 is 4.79 Å². The van der Waals surface area contributed by atoms with E-state index in [1.807, 2.05) is 4.90 Å². The van der Waals surface area contributed by atoms with Crippen LogP contribution in [0.4, 0.5) is 0 Å². The molecule has 0 radical (unpaired) electrons. The SMILES string of the molecule is CC(C)N1CCC(CCN)C1=O.